The van der Waals surface area contributed by atoms with E-state index in [1.54, 1.807) is 0 Å². The van der Waals surface area contributed by atoms with Gasteiger partial charge >= 0.3 is 12.0 Å². The highest BCUT2D eigenvalue weighted by atomic mass is 19.1. The van der Waals surface area contributed by atoms with Crippen molar-refractivity contribution in [2.24, 2.45) is 22.7 Å². The van der Waals surface area contributed by atoms with Crippen LogP contribution >= 0.6 is 0 Å². The fourth-order valence-corrected chi connectivity index (χ4v) is 4.72. The number of hydrogen-bond acceptors (Lipinski definition) is 3. The molecule has 0 spiro atoms. The van der Waals surface area contributed by atoms with Gasteiger partial charge in [-0.25, -0.2) is 14.0 Å². The Hall–Kier alpha value is -1.86. The van der Waals surface area contributed by atoms with Gasteiger partial charge < -0.3 is 20.2 Å². The van der Waals surface area contributed by atoms with Crippen LogP contribution in [0.5, 0.6) is 0 Å². The third-order valence-electron chi connectivity index (χ3n) is 6.45. The highest BCUT2D eigenvalue weighted by Gasteiger charge is 2.70. The van der Waals surface area contributed by atoms with Crippen molar-refractivity contribution in [3.63, 3.8) is 0 Å². The molecule has 0 radical (unpaired) electrons. The molecule has 2 aliphatic heterocycles. The van der Waals surface area contributed by atoms with E-state index in [9.17, 15) is 23.9 Å². The minimum atomic E-state index is -1.39. The van der Waals surface area contributed by atoms with Crippen LogP contribution in [0.3, 0.4) is 0 Å². The molecule has 0 unspecified atom stereocenters. The van der Waals surface area contributed by atoms with Crippen molar-refractivity contribution in [1.82, 2.24) is 15.1 Å². The predicted molar refractivity (Wildman–Crippen MR) is 96.8 cm³/mol. The Balaban J connectivity index is 1.75. The molecule has 3 amide bonds. The summed E-state index contributed by atoms with van der Waals surface area (Å²) in [5.41, 5.74) is -2.08. The fraction of sp³-hybridized carbons (Fsp3) is 0.842. The Bertz CT molecular complexity index is 677. The first-order chi connectivity index (χ1) is 12.2. The van der Waals surface area contributed by atoms with Crippen LogP contribution in [0.4, 0.5) is 9.18 Å². The van der Waals surface area contributed by atoms with Gasteiger partial charge in [-0.3, -0.25) is 4.79 Å². The SMILES string of the molecule is CC1(F)CN(C(=O)N[C@H](C(=O)N2C[C@H]3[C@@H]([C@H]2C(=O)O)C3(C)C)C(C)(C)C)C1. The molecule has 27 heavy (non-hydrogen) atoms. The molecule has 8 heteroatoms. The highest BCUT2D eigenvalue weighted by molar-refractivity contribution is 5.92. The van der Waals surface area contributed by atoms with Crippen molar-refractivity contribution >= 4 is 17.9 Å². The second kappa shape index (κ2) is 5.82. The molecule has 3 fully saturated rings. The standard InChI is InChI=1S/C19H30FN3O4/c1-17(2,3)13(21-16(27)22-8-19(6,20)9-22)14(24)23-7-10-11(18(10,4)5)12(23)15(25)26/h10-13H,7-9H2,1-6H3,(H,21,27)(H,25,26)/t10-,11-,12-,13+/m0/s1. The lowest BCUT2D eigenvalue weighted by atomic mass is 9.85. The minimum Gasteiger partial charge on any atom is -0.480 e. The minimum absolute atomic E-state index is 0.0102. The summed E-state index contributed by atoms with van der Waals surface area (Å²) in [6, 6.07) is -2.23. The number of rotatable bonds is 3. The van der Waals surface area contributed by atoms with Crippen LogP contribution in [0.1, 0.15) is 41.5 Å². The first-order valence-electron chi connectivity index (χ1n) is 9.44. The lowest BCUT2D eigenvalue weighted by molar-refractivity contribution is -0.152. The van der Waals surface area contributed by atoms with E-state index in [0.717, 1.165) is 0 Å². The van der Waals surface area contributed by atoms with Crippen molar-refractivity contribution in [2.75, 3.05) is 19.6 Å². The average Bonchev–Trinajstić information content (AvgIpc) is 2.84. The molecule has 2 saturated heterocycles. The number of halogens is 1. The van der Waals surface area contributed by atoms with E-state index >= 15 is 0 Å². The first kappa shape index (κ1) is 19.9. The smallest absolute Gasteiger partial charge is 0.326 e. The van der Waals surface area contributed by atoms with Gasteiger partial charge in [-0.1, -0.05) is 34.6 Å². The Morgan fingerprint density at radius 3 is 2.19 bits per heavy atom. The summed E-state index contributed by atoms with van der Waals surface area (Å²) in [5.74, 6) is -1.27. The predicted octanol–water partition coefficient (Wildman–Crippen LogP) is 1.72. The van der Waals surface area contributed by atoms with Crippen LogP contribution in [0.15, 0.2) is 0 Å². The third-order valence-corrected chi connectivity index (χ3v) is 6.45. The Labute approximate surface area is 159 Å². The van der Waals surface area contributed by atoms with Crippen LogP contribution in [0, 0.1) is 22.7 Å². The number of aliphatic carboxylic acids is 1. The van der Waals surface area contributed by atoms with E-state index in [0.29, 0.717) is 6.54 Å². The summed E-state index contributed by atoms with van der Waals surface area (Å²) >= 11 is 0. The molecule has 4 atom stereocenters. The topological polar surface area (TPSA) is 90.0 Å². The normalized spacial score (nSPS) is 31.6. The number of fused-ring (bicyclic) bond motifs is 1. The number of nitrogens with one attached hydrogen (secondary N) is 1. The van der Waals surface area contributed by atoms with Crippen LogP contribution in [-0.4, -0.2) is 70.2 Å². The van der Waals surface area contributed by atoms with Gasteiger partial charge in [0.15, 0.2) is 0 Å². The molecule has 3 aliphatic rings. The number of amides is 3. The lowest BCUT2D eigenvalue weighted by Crippen LogP contribution is -2.65. The fourth-order valence-electron chi connectivity index (χ4n) is 4.72. The Morgan fingerprint density at radius 1 is 1.19 bits per heavy atom. The molecule has 2 heterocycles. The quantitative estimate of drug-likeness (QED) is 0.777. The molecule has 152 valence electrons. The number of urea groups is 1. The van der Waals surface area contributed by atoms with E-state index in [-0.39, 0.29) is 36.2 Å². The summed E-state index contributed by atoms with van der Waals surface area (Å²) in [6.07, 6.45) is 0. The molecule has 0 aromatic rings. The first-order valence-corrected chi connectivity index (χ1v) is 9.44. The van der Waals surface area contributed by atoms with Crippen LogP contribution in [0.25, 0.3) is 0 Å². The van der Waals surface area contributed by atoms with E-state index < -0.39 is 35.2 Å². The van der Waals surface area contributed by atoms with Crippen molar-refractivity contribution in [1.29, 1.82) is 0 Å². The number of nitrogens with zero attached hydrogens (tertiary/aromatic N) is 2. The number of carbonyl (C=O) groups excluding carboxylic acids is 2. The second-order valence-corrected chi connectivity index (χ2v) is 10.2. The molecule has 0 bridgehead atoms. The van der Waals surface area contributed by atoms with Gasteiger partial charge in [0.25, 0.3) is 0 Å². The van der Waals surface area contributed by atoms with E-state index in [2.05, 4.69) is 5.32 Å². The van der Waals surface area contributed by atoms with Crippen LogP contribution < -0.4 is 5.32 Å². The van der Waals surface area contributed by atoms with Gasteiger partial charge in [0.05, 0.1) is 13.1 Å². The molecule has 0 aromatic heterocycles. The number of alkyl halides is 1. The zero-order valence-electron chi connectivity index (χ0n) is 16.9. The third kappa shape index (κ3) is 3.27. The van der Waals surface area contributed by atoms with Crippen molar-refractivity contribution in [3.8, 4) is 0 Å². The number of carboxylic acid groups (broad SMARTS) is 1. The van der Waals surface area contributed by atoms with Gasteiger partial charge in [-0.15, -0.1) is 0 Å². The number of likely N-dealkylation sites (tertiary alicyclic amines) is 2. The number of hydrogen-bond donors (Lipinski definition) is 2. The summed E-state index contributed by atoms with van der Waals surface area (Å²) in [5, 5.41) is 12.4. The highest BCUT2D eigenvalue weighted by Crippen LogP contribution is 2.65. The van der Waals surface area contributed by atoms with Crippen molar-refractivity contribution in [2.45, 2.75) is 59.3 Å². The Kier molecular flexibility index (Phi) is 4.28. The van der Waals surface area contributed by atoms with Crippen LogP contribution in [0.2, 0.25) is 0 Å². The number of carboxylic acids is 1. The van der Waals surface area contributed by atoms with Gasteiger partial charge in [0, 0.05) is 12.5 Å². The van der Waals surface area contributed by atoms with Gasteiger partial charge in [-0.05, 0) is 23.7 Å². The number of piperidine rings is 1. The van der Waals surface area contributed by atoms with E-state index in [1.165, 1.54) is 16.7 Å². The van der Waals surface area contributed by atoms with Gasteiger partial charge in [0.2, 0.25) is 5.91 Å². The summed E-state index contributed by atoms with van der Waals surface area (Å²) in [6.45, 7) is 11.3. The zero-order valence-corrected chi connectivity index (χ0v) is 16.9. The largest absolute Gasteiger partial charge is 0.480 e. The summed E-state index contributed by atoms with van der Waals surface area (Å²) in [7, 11) is 0. The number of carbonyl (C=O) groups is 3. The monoisotopic (exact) mass is 383 g/mol. The molecule has 2 N–H and O–H groups in total. The molecule has 1 aliphatic carbocycles. The molecular weight excluding hydrogens is 353 g/mol. The summed E-state index contributed by atoms with van der Waals surface area (Å²) in [4.78, 5) is 40.2. The van der Waals surface area contributed by atoms with Crippen molar-refractivity contribution < 1.29 is 23.9 Å². The molecule has 1 saturated carbocycles. The maximum absolute atomic E-state index is 13.7. The van der Waals surface area contributed by atoms with E-state index in [1.807, 2.05) is 34.6 Å². The zero-order chi connectivity index (χ0) is 20.5. The van der Waals surface area contributed by atoms with Crippen molar-refractivity contribution in [3.05, 3.63) is 0 Å². The maximum atomic E-state index is 13.7. The van der Waals surface area contributed by atoms with Gasteiger partial charge in [-0.2, -0.15) is 0 Å². The van der Waals surface area contributed by atoms with Gasteiger partial charge in [0.1, 0.15) is 17.8 Å². The Morgan fingerprint density at radius 2 is 1.74 bits per heavy atom. The molecule has 3 rings (SSSR count). The average molecular weight is 383 g/mol. The van der Waals surface area contributed by atoms with Crippen LogP contribution in [-0.2, 0) is 9.59 Å². The molecular formula is C19H30FN3O4. The second-order valence-electron chi connectivity index (χ2n) is 10.2. The summed E-state index contributed by atoms with van der Waals surface area (Å²) < 4.78 is 13.7. The maximum Gasteiger partial charge on any atom is 0.326 e. The molecule has 0 aromatic carbocycles. The lowest BCUT2D eigenvalue weighted by Gasteiger charge is -2.44. The molecule has 7 nitrogen and oxygen atoms in total. The van der Waals surface area contributed by atoms with E-state index in [4.69, 9.17) is 0 Å².